The Bertz CT molecular complexity index is 227. The number of terminal acetylenes is 1. The van der Waals surface area contributed by atoms with Gasteiger partial charge in [0.2, 0.25) is 0 Å². The van der Waals surface area contributed by atoms with Gasteiger partial charge in [-0.05, 0) is 19.9 Å². The van der Waals surface area contributed by atoms with Crippen molar-refractivity contribution >= 4 is 6.09 Å². The first-order valence-electron chi connectivity index (χ1n) is 4.80. The van der Waals surface area contributed by atoms with Crippen LogP contribution in [0, 0.1) is 12.3 Å². The first-order chi connectivity index (χ1) is 6.77. The second-order valence-corrected chi connectivity index (χ2v) is 3.31. The second-order valence-electron chi connectivity index (χ2n) is 3.31. The molecule has 0 aromatic rings. The van der Waals surface area contributed by atoms with Gasteiger partial charge in [-0.2, -0.15) is 0 Å². The number of carbonyl (C=O) groups excluding carboxylic acids is 1. The molecule has 1 N–H and O–H groups in total. The minimum Gasteiger partial charge on any atom is -0.436 e. The molecule has 1 aliphatic rings. The Hall–Kier alpha value is -1.21. The fourth-order valence-electron chi connectivity index (χ4n) is 1.55. The number of hydrogen-bond donors (Lipinski definition) is 1. The van der Waals surface area contributed by atoms with Crippen LogP contribution in [0.25, 0.3) is 0 Å². The lowest BCUT2D eigenvalue weighted by Crippen LogP contribution is -2.44. The number of piperidine rings is 1. The molecule has 0 saturated carbocycles. The predicted molar refractivity (Wildman–Crippen MR) is 53.8 cm³/mol. The summed E-state index contributed by atoms with van der Waals surface area (Å²) in [7, 11) is 1.94. The molecule has 78 valence electrons. The molecule has 0 atom stereocenters. The monoisotopic (exact) mass is 196 g/mol. The summed E-state index contributed by atoms with van der Waals surface area (Å²) in [6, 6.07) is 0.520. The molecule has 1 amide bonds. The van der Waals surface area contributed by atoms with Gasteiger partial charge in [0.15, 0.2) is 6.61 Å². The molecule has 0 aromatic heterocycles. The van der Waals surface area contributed by atoms with Crippen LogP contribution in [0.5, 0.6) is 0 Å². The molecule has 0 aromatic carbocycles. The van der Waals surface area contributed by atoms with E-state index in [0.717, 1.165) is 25.9 Å². The zero-order valence-corrected chi connectivity index (χ0v) is 8.45. The number of nitrogens with zero attached hydrogens (tertiary/aromatic N) is 1. The van der Waals surface area contributed by atoms with Gasteiger partial charge in [-0.3, -0.25) is 0 Å². The van der Waals surface area contributed by atoms with Crippen LogP contribution in [0.4, 0.5) is 4.79 Å². The predicted octanol–water partition coefficient (Wildman–Crippen LogP) is 0.440. The zero-order valence-electron chi connectivity index (χ0n) is 8.45. The van der Waals surface area contributed by atoms with Crippen molar-refractivity contribution in [3.63, 3.8) is 0 Å². The summed E-state index contributed by atoms with van der Waals surface area (Å²) < 4.78 is 4.83. The molecule has 0 unspecified atom stereocenters. The summed E-state index contributed by atoms with van der Waals surface area (Å²) >= 11 is 0. The van der Waals surface area contributed by atoms with E-state index in [4.69, 9.17) is 11.2 Å². The molecular formula is C10H16N2O2. The molecule has 0 aliphatic carbocycles. The molecule has 1 heterocycles. The maximum Gasteiger partial charge on any atom is 0.410 e. The molecule has 4 heteroatoms. The number of likely N-dealkylation sites (tertiary alicyclic amines) is 1. The van der Waals surface area contributed by atoms with Crippen LogP contribution in [0.15, 0.2) is 0 Å². The third-order valence-corrected chi connectivity index (χ3v) is 2.44. The van der Waals surface area contributed by atoms with Crippen LogP contribution in [-0.4, -0.2) is 43.8 Å². The van der Waals surface area contributed by atoms with E-state index in [1.807, 2.05) is 7.05 Å². The largest absolute Gasteiger partial charge is 0.436 e. The number of rotatable bonds is 2. The van der Waals surface area contributed by atoms with Gasteiger partial charge >= 0.3 is 6.09 Å². The van der Waals surface area contributed by atoms with Crippen molar-refractivity contribution in [1.82, 2.24) is 10.2 Å². The molecule has 1 fully saturated rings. The third kappa shape index (κ3) is 2.93. The Kier molecular flexibility index (Phi) is 4.27. The molecule has 0 spiro atoms. The number of ether oxygens (including phenoxy) is 1. The summed E-state index contributed by atoms with van der Waals surface area (Å²) in [5.74, 6) is 2.28. The molecule has 1 saturated heterocycles. The SMILES string of the molecule is C#CCOC(=O)N1CCC(NC)CC1. The minimum absolute atomic E-state index is 0.0603. The normalized spacial score (nSPS) is 17.6. The maximum absolute atomic E-state index is 11.3. The third-order valence-electron chi connectivity index (χ3n) is 2.44. The molecule has 0 radical (unpaired) electrons. The Morgan fingerprint density at radius 3 is 2.79 bits per heavy atom. The topological polar surface area (TPSA) is 41.6 Å². The van der Waals surface area contributed by atoms with Crippen molar-refractivity contribution in [2.24, 2.45) is 0 Å². The first-order valence-corrected chi connectivity index (χ1v) is 4.80. The highest BCUT2D eigenvalue weighted by molar-refractivity contribution is 5.67. The average Bonchev–Trinajstić information content (AvgIpc) is 2.26. The highest BCUT2D eigenvalue weighted by Gasteiger charge is 2.22. The van der Waals surface area contributed by atoms with Crippen LogP contribution in [0.3, 0.4) is 0 Å². The van der Waals surface area contributed by atoms with Crippen LogP contribution < -0.4 is 5.32 Å². The summed E-state index contributed by atoms with van der Waals surface area (Å²) in [5, 5.41) is 3.20. The van der Waals surface area contributed by atoms with E-state index in [2.05, 4.69) is 11.2 Å². The summed E-state index contributed by atoms with van der Waals surface area (Å²) in [6.45, 7) is 1.55. The van der Waals surface area contributed by atoms with Crippen molar-refractivity contribution in [2.75, 3.05) is 26.7 Å². The zero-order chi connectivity index (χ0) is 10.4. The van der Waals surface area contributed by atoms with Crippen LogP contribution >= 0.6 is 0 Å². The average molecular weight is 196 g/mol. The van der Waals surface area contributed by atoms with E-state index < -0.39 is 0 Å². The second kappa shape index (κ2) is 5.51. The Labute approximate surface area is 84.6 Å². The van der Waals surface area contributed by atoms with Crippen LogP contribution in [0.1, 0.15) is 12.8 Å². The smallest absolute Gasteiger partial charge is 0.410 e. The van der Waals surface area contributed by atoms with Gasteiger partial charge in [0.1, 0.15) is 0 Å². The van der Waals surface area contributed by atoms with Gasteiger partial charge in [-0.25, -0.2) is 4.79 Å². The fraction of sp³-hybridized carbons (Fsp3) is 0.700. The minimum atomic E-state index is -0.294. The quantitative estimate of drug-likeness (QED) is 0.652. The highest BCUT2D eigenvalue weighted by atomic mass is 16.6. The van der Waals surface area contributed by atoms with Gasteiger partial charge in [0.05, 0.1) is 0 Å². The molecule has 14 heavy (non-hydrogen) atoms. The van der Waals surface area contributed by atoms with Crippen molar-refractivity contribution in [2.45, 2.75) is 18.9 Å². The van der Waals surface area contributed by atoms with E-state index in [9.17, 15) is 4.79 Å². The van der Waals surface area contributed by atoms with Gasteiger partial charge in [-0.15, -0.1) is 6.42 Å². The fourth-order valence-corrected chi connectivity index (χ4v) is 1.55. The number of amides is 1. The van der Waals surface area contributed by atoms with E-state index in [-0.39, 0.29) is 12.7 Å². The van der Waals surface area contributed by atoms with Gasteiger partial charge in [0.25, 0.3) is 0 Å². The van der Waals surface area contributed by atoms with Crippen LogP contribution in [-0.2, 0) is 4.74 Å². The van der Waals surface area contributed by atoms with E-state index >= 15 is 0 Å². The number of hydrogen-bond acceptors (Lipinski definition) is 3. The highest BCUT2D eigenvalue weighted by Crippen LogP contribution is 2.10. The molecular weight excluding hydrogens is 180 g/mol. The lowest BCUT2D eigenvalue weighted by atomic mass is 10.1. The van der Waals surface area contributed by atoms with Gasteiger partial charge in [-0.1, -0.05) is 5.92 Å². The van der Waals surface area contributed by atoms with E-state index in [1.165, 1.54) is 0 Å². The molecule has 1 aliphatic heterocycles. The Morgan fingerprint density at radius 1 is 1.64 bits per heavy atom. The van der Waals surface area contributed by atoms with Crippen molar-refractivity contribution in [3.8, 4) is 12.3 Å². The van der Waals surface area contributed by atoms with Crippen molar-refractivity contribution in [1.29, 1.82) is 0 Å². The maximum atomic E-state index is 11.3. The summed E-state index contributed by atoms with van der Waals surface area (Å²) in [4.78, 5) is 13.0. The standard InChI is InChI=1S/C10H16N2O2/c1-3-8-14-10(13)12-6-4-9(11-2)5-7-12/h1,9,11H,4-8H2,2H3. The number of carbonyl (C=O) groups is 1. The Balaban J connectivity index is 2.27. The van der Waals surface area contributed by atoms with Crippen molar-refractivity contribution < 1.29 is 9.53 Å². The van der Waals surface area contributed by atoms with Crippen LogP contribution in [0.2, 0.25) is 0 Å². The Morgan fingerprint density at radius 2 is 2.29 bits per heavy atom. The van der Waals surface area contributed by atoms with E-state index in [1.54, 1.807) is 4.90 Å². The van der Waals surface area contributed by atoms with E-state index in [0.29, 0.717) is 6.04 Å². The molecule has 1 rings (SSSR count). The summed E-state index contributed by atoms with van der Waals surface area (Å²) in [5.41, 5.74) is 0. The summed E-state index contributed by atoms with van der Waals surface area (Å²) in [6.07, 6.45) is 6.65. The number of nitrogens with one attached hydrogen (secondary N) is 1. The lowest BCUT2D eigenvalue weighted by molar-refractivity contribution is 0.102. The lowest BCUT2D eigenvalue weighted by Gasteiger charge is -2.30. The molecule has 0 bridgehead atoms. The van der Waals surface area contributed by atoms with Gasteiger partial charge < -0.3 is 15.0 Å². The first kappa shape index (κ1) is 10.9. The van der Waals surface area contributed by atoms with Gasteiger partial charge in [0, 0.05) is 19.1 Å². The molecule has 4 nitrogen and oxygen atoms in total. The van der Waals surface area contributed by atoms with Crippen molar-refractivity contribution in [3.05, 3.63) is 0 Å².